The molecule has 3 N–H and O–H groups in total. The van der Waals surface area contributed by atoms with E-state index in [9.17, 15) is 4.79 Å². The van der Waals surface area contributed by atoms with Crippen LogP contribution in [0, 0.1) is 0 Å². The summed E-state index contributed by atoms with van der Waals surface area (Å²) in [5, 5.41) is 9.35. The third-order valence-corrected chi connectivity index (χ3v) is 4.38. The quantitative estimate of drug-likeness (QED) is 0.362. The van der Waals surface area contributed by atoms with Gasteiger partial charge in [-0.3, -0.25) is 4.79 Å². The maximum atomic E-state index is 11.5. The lowest BCUT2D eigenvalue weighted by molar-refractivity contribution is -0.111. The summed E-state index contributed by atoms with van der Waals surface area (Å²) in [6, 6.07) is 12.8. The molecule has 0 aliphatic carbocycles. The zero-order valence-electron chi connectivity index (χ0n) is 18.0. The van der Waals surface area contributed by atoms with Gasteiger partial charge in [0.25, 0.3) is 0 Å². The Bertz CT molecular complexity index is 1120. The molecule has 166 valence electrons. The van der Waals surface area contributed by atoms with E-state index in [2.05, 4.69) is 46.3 Å². The molecule has 32 heavy (non-hydrogen) atoms. The molecule has 0 aliphatic heterocycles. The summed E-state index contributed by atoms with van der Waals surface area (Å²) in [5.74, 6) is 1.19. The van der Waals surface area contributed by atoms with Crippen LogP contribution in [0.25, 0.3) is 0 Å². The monoisotopic (exact) mass is 453 g/mol. The van der Waals surface area contributed by atoms with E-state index in [0.717, 1.165) is 5.69 Å². The fourth-order valence-electron chi connectivity index (χ4n) is 2.76. The van der Waals surface area contributed by atoms with Crippen molar-refractivity contribution < 1.29 is 14.3 Å². The topological polar surface area (TPSA) is 97.4 Å². The van der Waals surface area contributed by atoms with Crippen LogP contribution in [0.15, 0.2) is 61.3 Å². The molecular weight excluding hydrogens is 430 g/mol. The molecule has 0 atom stereocenters. The van der Waals surface area contributed by atoms with Gasteiger partial charge < -0.3 is 25.4 Å². The van der Waals surface area contributed by atoms with E-state index < -0.39 is 0 Å². The number of carbonyl (C=O) groups excluding carboxylic acids is 1. The second-order valence-electron chi connectivity index (χ2n) is 7.01. The van der Waals surface area contributed by atoms with E-state index in [1.54, 1.807) is 31.4 Å². The number of rotatable bonds is 9. The van der Waals surface area contributed by atoms with Crippen molar-refractivity contribution >= 4 is 40.5 Å². The van der Waals surface area contributed by atoms with Crippen LogP contribution in [0.4, 0.5) is 23.0 Å². The van der Waals surface area contributed by atoms with Crippen molar-refractivity contribution in [2.75, 3.05) is 23.1 Å². The zero-order valence-corrected chi connectivity index (χ0v) is 18.7. The first-order valence-electron chi connectivity index (χ1n) is 9.83. The van der Waals surface area contributed by atoms with Gasteiger partial charge in [-0.1, -0.05) is 24.2 Å². The van der Waals surface area contributed by atoms with E-state index in [1.807, 2.05) is 18.2 Å². The van der Waals surface area contributed by atoms with Gasteiger partial charge in [-0.25, -0.2) is 4.98 Å². The second kappa shape index (κ2) is 10.5. The molecule has 0 saturated heterocycles. The van der Waals surface area contributed by atoms with Gasteiger partial charge in [-0.05, 0) is 44.2 Å². The summed E-state index contributed by atoms with van der Waals surface area (Å²) in [6.07, 6.45) is 2.63. The van der Waals surface area contributed by atoms with Gasteiger partial charge in [0.2, 0.25) is 17.7 Å². The molecule has 9 heteroatoms. The summed E-state index contributed by atoms with van der Waals surface area (Å²) >= 11 is 6.23. The number of nitrogens with one attached hydrogen (secondary N) is 3. The predicted octanol–water partition coefficient (Wildman–Crippen LogP) is 5.62. The van der Waals surface area contributed by atoms with E-state index in [0.29, 0.717) is 28.9 Å². The molecule has 1 heterocycles. The lowest BCUT2D eigenvalue weighted by atomic mass is 10.2. The molecule has 1 aromatic heterocycles. The minimum absolute atomic E-state index is 0.161. The summed E-state index contributed by atoms with van der Waals surface area (Å²) < 4.78 is 11.3. The standard InChI is InChI=1S/C23H24ClN5O3/c1-5-21(30)27-15-7-6-8-17(11-15)32-22-18(24)13-25-23(29-22)28-19-10-9-16(26-14(2)3)12-20(19)31-4/h5-14,26H,1H2,2-4H3,(H,27,30)(H,25,28,29). The summed E-state index contributed by atoms with van der Waals surface area (Å²) in [7, 11) is 1.59. The van der Waals surface area contributed by atoms with E-state index in [-0.39, 0.29) is 22.8 Å². The van der Waals surface area contributed by atoms with Crippen LogP contribution < -0.4 is 25.4 Å². The van der Waals surface area contributed by atoms with E-state index in [4.69, 9.17) is 21.1 Å². The van der Waals surface area contributed by atoms with Gasteiger partial charge in [-0.15, -0.1) is 0 Å². The van der Waals surface area contributed by atoms with Crippen molar-refractivity contribution in [3.8, 4) is 17.4 Å². The number of halogens is 1. The van der Waals surface area contributed by atoms with Gasteiger partial charge in [0, 0.05) is 29.5 Å². The van der Waals surface area contributed by atoms with Crippen molar-refractivity contribution in [2.24, 2.45) is 0 Å². The lowest BCUT2D eigenvalue weighted by Crippen LogP contribution is -2.10. The Kier molecular flexibility index (Phi) is 7.51. The molecule has 8 nitrogen and oxygen atoms in total. The minimum Gasteiger partial charge on any atom is -0.494 e. The van der Waals surface area contributed by atoms with Gasteiger partial charge >= 0.3 is 0 Å². The van der Waals surface area contributed by atoms with Gasteiger partial charge in [0.1, 0.15) is 16.5 Å². The van der Waals surface area contributed by atoms with Crippen LogP contribution in [-0.4, -0.2) is 29.0 Å². The first-order chi connectivity index (χ1) is 15.4. The summed E-state index contributed by atoms with van der Waals surface area (Å²) in [6.45, 7) is 7.56. The number of aromatic nitrogens is 2. The highest BCUT2D eigenvalue weighted by atomic mass is 35.5. The normalized spacial score (nSPS) is 10.4. The molecule has 3 rings (SSSR count). The number of methoxy groups -OCH3 is 1. The fraction of sp³-hybridized carbons (Fsp3) is 0.174. The first-order valence-corrected chi connectivity index (χ1v) is 10.2. The Morgan fingerprint density at radius 2 is 2.00 bits per heavy atom. The number of hydrogen-bond donors (Lipinski definition) is 3. The molecule has 0 fully saturated rings. The fourth-order valence-corrected chi connectivity index (χ4v) is 2.89. The number of nitrogens with zero attached hydrogens (tertiary/aromatic N) is 2. The van der Waals surface area contributed by atoms with Crippen LogP contribution in [0.3, 0.4) is 0 Å². The number of ether oxygens (including phenoxy) is 2. The van der Waals surface area contributed by atoms with Crippen LogP contribution in [-0.2, 0) is 4.79 Å². The highest BCUT2D eigenvalue weighted by molar-refractivity contribution is 6.31. The van der Waals surface area contributed by atoms with Crippen molar-refractivity contribution in [3.63, 3.8) is 0 Å². The van der Waals surface area contributed by atoms with Gasteiger partial charge in [-0.2, -0.15) is 4.98 Å². The number of hydrogen-bond acceptors (Lipinski definition) is 7. The minimum atomic E-state index is -0.322. The van der Waals surface area contributed by atoms with Crippen molar-refractivity contribution in [2.45, 2.75) is 19.9 Å². The Labute approximate surface area is 191 Å². The third kappa shape index (κ3) is 6.12. The lowest BCUT2D eigenvalue weighted by Gasteiger charge is -2.15. The zero-order chi connectivity index (χ0) is 23.1. The Hall–Kier alpha value is -3.78. The SMILES string of the molecule is C=CC(=O)Nc1cccc(Oc2nc(Nc3ccc(NC(C)C)cc3OC)ncc2Cl)c1. The van der Waals surface area contributed by atoms with Crippen LogP contribution in [0.1, 0.15) is 13.8 Å². The van der Waals surface area contributed by atoms with Gasteiger partial charge in [0.15, 0.2) is 0 Å². The number of carbonyl (C=O) groups is 1. The van der Waals surface area contributed by atoms with E-state index >= 15 is 0 Å². The van der Waals surface area contributed by atoms with Crippen molar-refractivity contribution in [1.82, 2.24) is 9.97 Å². The largest absolute Gasteiger partial charge is 0.494 e. The third-order valence-electron chi connectivity index (χ3n) is 4.12. The number of anilines is 4. The highest BCUT2D eigenvalue weighted by Gasteiger charge is 2.12. The smallest absolute Gasteiger partial charge is 0.247 e. The molecule has 3 aromatic rings. The van der Waals surface area contributed by atoms with E-state index in [1.165, 1.54) is 12.3 Å². The van der Waals surface area contributed by atoms with Crippen molar-refractivity contribution in [3.05, 3.63) is 66.3 Å². The molecule has 0 aliphatic rings. The maximum Gasteiger partial charge on any atom is 0.247 e. The summed E-state index contributed by atoms with van der Waals surface area (Å²) in [5.41, 5.74) is 2.17. The average molecular weight is 454 g/mol. The predicted molar refractivity (Wildman–Crippen MR) is 127 cm³/mol. The Balaban J connectivity index is 1.80. The molecule has 0 spiro atoms. The molecule has 0 bridgehead atoms. The Morgan fingerprint density at radius 1 is 1.19 bits per heavy atom. The Morgan fingerprint density at radius 3 is 2.72 bits per heavy atom. The number of amides is 1. The highest BCUT2D eigenvalue weighted by Crippen LogP contribution is 2.33. The second-order valence-corrected chi connectivity index (χ2v) is 7.42. The van der Waals surface area contributed by atoms with Crippen LogP contribution in [0.2, 0.25) is 5.02 Å². The molecule has 2 aromatic carbocycles. The average Bonchev–Trinajstić information content (AvgIpc) is 2.76. The van der Waals surface area contributed by atoms with Crippen LogP contribution in [0.5, 0.6) is 17.4 Å². The molecule has 0 radical (unpaired) electrons. The number of benzene rings is 2. The maximum absolute atomic E-state index is 11.5. The molecule has 0 saturated carbocycles. The molecule has 0 unspecified atom stereocenters. The molecular formula is C23H24ClN5O3. The van der Waals surface area contributed by atoms with Crippen molar-refractivity contribution in [1.29, 1.82) is 0 Å². The van der Waals surface area contributed by atoms with Gasteiger partial charge in [0.05, 0.1) is 19.0 Å². The summed E-state index contributed by atoms with van der Waals surface area (Å²) in [4.78, 5) is 20.1. The van der Waals surface area contributed by atoms with Crippen LogP contribution >= 0.6 is 11.6 Å². The molecule has 1 amide bonds. The first kappa shape index (κ1) is 22.9.